The Bertz CT molecular complexity index is 1050. The average Bonchev–Trinajstić information content (AvgIpc) is 3.28. The predicted molar refractivity (Wildman–Crippen MR) is 95.5 cm³/mol. The third-order valence-corrected chi connectivity index (χ3v) is 5.61. The molecule has 26 heavy (non-hydrogen) atoms. The van der Waals surface area contributed by atoms with Crippen molar-refractivity contribution in [3.8, 4) is 5.13 Å². The summed E-state index contributed by atoms with van der Waals surface area (Å²) in [7, 11) is 0. The van der Waals surface area contributed by atoms with Crippen LogP contribution in [0.5, 0.6) is 0 Å². The molecule has 2 heterocycles. The van der Waals surface area contributed by atoms with Crippen molar-refractivity contribution in [3.05, 3.63) is 65.0 Å². The van der Waals surface area contributed by atoms with E-state index in [0.29, 0.717) is 16.7 Å². The molecule has 2 aromatic heterocycles. The molecule has 0 atom stereocenters. The molecule has 0 fully saturated rings. The van der Waals surface area contributed by atoms with Gasteiger partial charge in [0.1, 0.15) is 5.82 Å². The third kappa shape index (κ3) is 3.32. The predicted octanol–water partition coefficient (Wildman–Crippen LogP) is 5.25. The molecular formula is C17H11F3N4S2. The molecular weight excluding hydrogens is 381 g/mol. The number of aromatic nitrogens is 4. The van der Waals surface area contributed by atoms with Gasteiger partial charge in [0.05, 0.1) is 17.1 Å². The molecule has 0 saturated heterocycles. The van der Waals surface area contributed by atoms with Crippen LogP contribution in [-0.4, -0.2) is 20.0 Å². The number of alkyl halides is 2. The highest BCUT2D eigenvalue weighted by atomic mass is 32.2. The van der Waals surface area contributed by atoms with E-state index in [9.17, 15) is 13.2 Å². The van der Waals surface area contributed by atoms with Crippen molar-refractivity contribution in [2.24, 2.45) is 0 Å². The Morgan fingerprint density at radius 1 is 1.12 bits per heavy atom. The first-order valence-corrected chi connectivity index (χ1v) is 9.38. The summed E-state index contributed by atoms with van der Waals surface area (Å²) in [6.45, 7) is 0. The summed E-state index contributed by atoms with van der Waals surface area (Å²) >= 11 is 2.22. The Balaban J connectivity index is 1.68. The van der Waals surface area contributed by atoms with E-state index >= 15 is 0 Å². The number of rotatable bonds is 5. The van der Waals surface area contributed by atoms with Crippen LogP contribution >= 0.6 is 23.1 Å². The highest BCUT2D eigenvalue weighted by Crippen LogP contribution is 2.31. The molecule has 0 radical (unpaired) electrons. The molecule has 4 rings (SSSR count). The molecule has 0 spiro atoms. The zero-order chi connectivity index (χ0) is 18.1. The summed E-state index contributed by atoms with van der Waals surface area (Å²) in [6, 6.07) is 13.1. The first kappa shape index (κ1) is 17.0. The lowest BCUT2D eigenvalue weighted by molar-refractivity contribution is 0.150. The van der Waals surface area contributed by atoms with Gasteiger partial charge in [-0.2, -0.15) is 5.10 Å². The van der Waals surface area contributed by atoms with Crippen LogP contribution in [0.1, 0.15) is 17.0 Å². The Hall–Kier alpha value is -2.39. The molecule has 9 heteroatoms. The van der Waals surface area contributed by atoms with E-state index in [1.807, 2.05) is 30.3 Å². The Morgan fingerprint density at radius 3 is 2.65 bits per heavy atom. The first-order chi connectivity index (χ1) is 12.6. The van der Waals surface area contributed by atoms with Gasteiger partial charge in [0.25, 0.3) is 6.43 Å². The number of hydrogen-bond donors (Lipinski definition) is 0. The third-order valence-electron chi connectivity index (χ3n) is 3.66. The van der Waals surface area contributed by atoms with Gasteiger partial charge in [-0.25, -0.2) is 17.9 Å². The number of benzene rings is 2. The maximum Gasteiger partial charge on any atom is 0.291 e. The van der Waals surface area contributed by atoms with Gasteiger partial charge in [-0.15, -0.1) is 22.0 Å². The summed E-state index contributed by atoms with van der Waals surface area (Å²) in [5.41, 5.74) is 1.59. The molecule has 0 amide bonds. The maximum absolute atomic E-state index is 14.4. The second-order valence-electron chi connectivity index (χ2n) is 5.39. The fraction of sp³-hybridized carbons (Fsp3) is 0.118. The van der Waals surface area contributed by atoms with Crippen molar-refractivity contribution in [2.75, 3.05) is 0 Å². The fourth-order valence-electron chi connectivity index (χ4n) is 2.44. The van der Waals surface area contributed by atoms with Gasteiger partial charge in [0.15, 0.2) is 5.01 Å². The van der Waals surface area contributed by atoms with Gasteiger partial charge in [-0.1, -0.05) is 41.7 Å². The fourth-order valence-corrected chi connectivity index (χ4v) is 4.02. The molecule has 2 aromatic carbocycles. The maximum atomic E-state index is 14.4. The molecule has 0 aliphatic heterocycles. The normalized spacial score (nSPS) is 11.5. The number of nitrogens with zero attached hydrogens (tertiary/aromatic N) is 4. The average molecular weight is 392 g/mol. The SMILES string of the molecule is Fc1cc(SCc2ccccc2)cc2c1cnn2-c1nnc(C(F)F)s1. The molecule has 0 bridgehead atoms. The smallest absolute Gasteiger partial charge is 0.206 e. The van der Waals surface area contributed by atoms with E-state index in [1.54, 1.807) is 6.07 Å². The first-order valence-electron chi connectivity index (χ1n) is 7.58. The minimum absolute atomic E-state index is 0.180. The zero-order valence-electron chi connectivity index (χ0n) is 13.1. The van der Waals surface area contributed by atoms with Gasteiger partial charge in [-0.05, 0) is 17.7 Å². The Morgan fingerprint density at radius 2 is 1.92 bits per heavy atom. The van der Waals surface area contributed by atoms with Crippen molar-refractivity contribution in [3.63, 3.8) is 0 Å². The molecule has 0 unspecified atom stereocenters. The van der Waals surface area contributed by atoms with Crippen molar-refractivity contribution < 1.29 is 13.2 Å². The van der Waals surface area contributed by atoms with E-state index in [1.165, 1.54) is 28.7 Å². The standard InChI is InChI=1S/C17H11F3N4S2/c18-13-6-11(25-9-10-4-2-1-3-5-10)7-14-12(13)8-21-24(14)17-23-22-16(26-17)15(19)20/h1-8,15H,9H2. The molecule has 4 aromatic rings. The van der Waals surface area contributed by atoms with E-state index in [4.69, 9.17) is 0 Å². The summed E-state index contributed by atoms with van der Waals surface area (Å²) in [4.78, 5) is 0.721. The van der Waals surface area contributed by atoms with Crippen LogP contribution in [0.4, 0.5) is 13.2 Å². The van der Waals surface area contributed by atoms with E-state index in [0.717, 1.165) is 21.8 Å². The number of fused-ring (bicyclic) bond motifs is 1. The highest BCUT2D eigenvalue weighted by Gasteiger charge is 2.18. The minimum atomic E-state index is -2.70. The zero-order valence-corrected chi connectivity index (χ0v) is 14.8. The van der Waals surface area contributed by atoms with Crippen LogP contribution < -0.4 is 0 Å². The molecule has 4 nitrogen and oxygen atoms in total. The summed E-state index contributed by atoms with van der Waals surface area (Å²) in [6.07, 6.45) is -1.34. The van der Waals surface area contributed by atoms with Gasteiger partial charge in [-0.3, -0.25) is 0 Å². The van der Waals surface area contributed by atoms with Crippen molar-refractivity contribution in [1.29, 1.82) is 0 Å². The van der Waals surface area contributed by atoms with Gasteiger partial charge in [0.2, 0.25) is 5.13 Å². The van der Waals surface area contributed by atoms with E-state index < -0.39 is 17.3 Å². The van der Waals surface area contributed by atoms with Crippen molar-refractivity contribution in [1.82, 2.24) is 20.0 Å². The van der Waals surface area contributed by atoms with Crippen LogP contribution in [0.25, 0.3) is 16.0 Å². The molecule has 0 aliphatic carbocycles. The minimum Gasteiger partial charge on any atom is -0.206 e. The largest absolute Gasteiger partial charge is 0.291 e. The number of thioether (sulfide) groups is 1. The lowest BCUT2D eigenvalue weighted by Gasteiger charge is -2.04. The van der Waals surface area contributed by atoms with Gasteiger partial charge in [0, 0.05) is 10.6 Å². The molecule has 0 saturated carbocycles. The topological polar surface area (TPSA) is 43.6 Å². The Labute approximate surface area is 154 Å². The summed E-state index contributed by atoms with van der Waals surface area (Å²) in [5.74, 6) is 0.275. The molecule has 0 aliphatic rings. The second kappa shape index (κ2) is 7.08. The number of halogens is 3. The molecule has 0 N–H and O–H groups in total. The van der Waals surface area contributed by atoms with Gasteiger partial charge < -0.3 is 0 Å². The van der Waals surface area contributed by atoms with Gasteiger partial charge >= 0.3 is 0 Å². The quantitative estimate of drug-likeness (QED) is 0.435. The van der Waals surface area contributed by atoms with Crippen LogP contribution in [-0.2, 0) is 5.75 Å². The van der Waals surface area contributed by atoms with Crippen LogP contribution in [0.15, 0.2) is 53.6 Å². The van der Waals surface area contributed by atoms with E-state index in [-0.39, 0.29) is 5.13 Å². The van der Waals surface area contributed by atoms with Crippen LogP contribution in [0, 0.1) is 5.82 Å². The molecule has 132 valence electrons. The number of hydrogen-bond acceptors (Lipinski definition) is 5. The summed E-state index contributed by atoms with van der Waals surface area (Å²) in [5, 5.41) is 11.4. The van der Waals surface area contributed by atoms with Crippen molar-refractivity contribution in [2.45, 2.75) is 17.1 Å². The van der Waals surface area contributed by atoms with Crippen LogP contribution in [0.2, 0.25) is 0 Å². The monoisotopic (exact) mass is 392 g/mol. The lowest BCUT2D eigenvalue weighted by atomic mass is 10.2. The summed E-state index contributed by atoms with van der Waals surface area (Å²) < 4.78 is 41.2. The Kier molecular flexibility index (Phi) is 4.64. The second-order valence-corrected chi connectivity index (χ2v) is 7.43. The van der Waals surface area contributed by atoms with Crippen LogP contribution in [0.3, 0.4) is 0 Å². The lowest BCUT2D eigenvalue weighted by Crippen LogP contribution is -1.95. The van der Waals surface area contributed by atoms with E-state index in [2.05, 4.69) is 15.3 Å². The highest BCUT2D eigenvalue weighted by molar-refractivity contribution is 7.98. The van der Waals surface area contributed by atoms with Crippen molar-refractivity contribution >= 4 is 34.0 Å².